The van der Waals surface area contributed by atoms with Gasteiger partial charge in [-0.05, 0) is 24.6 Å². The average molecular weight is 379 g/mol. The molecule has 2 rings (SSSR count). The number of halogens is 1. The van der Waals surface area contributed by atoms with E-state index in [-0.39, 0.29) is 24.7 Å². The van der Waals surface area contributed by atoms with Crippen molar-refractivity contribution in [3.63, 3.8) is 0 Å². The van der Waals surface area contributed by atoms with Crippen molar-refractivity contribution in [3.8, 4) is 0 Å². The van der Waals surface area contributed by atoms with Crippen LogP contribution in [0.5, 0.6) is 0 Å². The Bertz CT molecular complexity index is 664. The lowest BCUT2D eigenvalue weighted by molar-refractivity contribution is -0.220. The standard InChI is InChI=1S/C15H19ClO7S/c1-11(17)15(10-21-8-9-23-15)14(18)22-7-6-12-2-4-13(5-3-12)24(16,19)20/h2-5,11,17H,6-10H2,1H3. The lowest BCUT2D eigenvalue weighted by Crippen LogP contribution is -2.58. The number of rotatable bonds is 6. The van der Waals surface area contributed by atoms with Crippen LogP contribution in [0.3, 0.4) is 0 Å². The number of benzene rings is 1. The predicted molar refractivity (Wildman–Crippen MR) is 85.3 cm³/mol. The summed E-state index contributed by atoms with van der Waals surface area (Å²) in [6.07, 6.45) is -0.691. The molecule has 1 aliphatic heterocycles. The largest absolute Gasteiger partial charge is 0.463 e. The van der Waals surface area contributed by atoms with Crippen LogP contribution in [0.15, 0.2) is 29.2 Å². The second kappa shape index (κ2) is 7.79. The van der Waals surface area contributed by atoms with E-state index < -0.39 is 26.7 Å². The molecule has 0 amide bonds. The highest BCUT2D eigenvalue weighted by molar-refractivity contribution is 8.13. The fraction of sp³-hybridized carbons (Fsp3) is 0.533. The maximum Gasteiger partial charge on any atom is 0.343 e. The van der Waals surface area contributed by atoms with Gasteiger partial charge in [-0.2, -0.15) is 0 Å². The van der Waals surface area contributed by atoms with Crippen molar-refractivity contribution in [2.24, 2.45) is 0 Å². The molecule has 1 fully saturated rings. The third-order valence-corrected chi connectivity index (χ3v) is 5.12. The van der Waals surface area contributed by atoms with E-state index in [9.17, 15) is 18.3 Å². The molecule has 0 radical (unpaired) electrons. The van der Waals surface area contributed by atoms with E-state index in [1.807, 2.05) is 0 Å². The van der Waals surface area contributed by atoms with Crippen LogP contribution in [0.25, 0.3) is 0 Å². The van der Waals surface area contributed by atoms with E-state index in [0.29, 0.717) is 13.0 Å². The van der Waals surface area contributed by atoms with Crippen LogP contribution in [0, 0.1) is 0 Å². The highest BCUT2D eigenvalue weighted by Gasteiger charge is 2.48. The second-order valence-electron chi connectivity index (χ2n) is 5.43. The molecule has 1 aromatic rings. The monoisotopic (exact) mass is 378 g/mol. The Balaban J connectivity index is 1.92. The molecule has 0 spiro atoms. The van der Waals surface area contributed by atoms with E-state index in [0.717, 1.165) is 5.56 Å². The van der Waals surface area contributed by atoms with Crippen LogP contribution in [0.1, 0.15) is 12.5 Å². The molecule has 1 aromatic carbocycles. The summed E-state index contributed by atoms with van der Waals surface area (Å²) in [7, 11) is 1.48. The molecule has 134 valence electrons. The van der Waals surface area contributed by atoms with Crippen molar-refractivity contribution in [1.29, 1.82) is 0 Å². The summed E-state index contributed by atoms with van der Waals surface area (Å²) in [6.45, 7) is 2.00. The van der Waals surface area contributed by atoms with Crippen LogP contribution in [-0.4, -0.2) is 57.6 Å². The normalized spacial score (nSPS) is 22.8. The number of hydrogen-bond donors (Lipinski definition) is 1. The number of aliphatic hydroxyl groups is 1. The quantitative estimate of drug-likeness (QED) is 0.579. The Morgan fingerprint density at radius 1 is 1.38 bits per heavy atom. The molecule has 2 unspecified atom stereocenters. The zero-order valence-corrected chi connectivity index (χ0v) is 14.7. The van der Waals surface area contributed by atoms with Gasteiger partial charge < -0.3 is 19.3 Å². The number of carbonyl (C=O) groups is 1. The molecule has 9 heteroatoms. The van der Waals surface area contributed by atoms with Crippen LogP contribution in [0.4, 0.5) is 0 Å². The lowest BCUT2D eigenvalue weighted by atomic mass is 9.98. The van der Waals surface area contributed by atoms with E-state index in [4.69, 9.17) is 24.9 Å². The van der Waals surface area contributed by atoms with Crippen molar-refractivity contribution in [3.05, 3.63) is 29.8 Å². The highest BCUT2D eigenvalue weighted by Crippen LogP contribution is 2.23. The molecule has 0 bridgehead atoms. The number of ether oxygens (including phenoxy) is 3. The Morgan fingerprint density at radius 3 is 2.54 bits per heavy atom. The minimum Gasteiger partial charge on any atom is -0.463 e. The third-order valence-electron chi connectivity index (χ3n) is 3.75. The smallest absolute Gasteiger partial charge is 0.343 e. The van der Waals surface area contributed by atoms with Gasteiger partial charge in [0.05, 0.1) is 37.4 Å². The molecule has 7 nitrogen and oxygen atoms in total. The first kappa shape index (κ1) is 19.1. The Morgan fingerprint density at radius 2 is 2.04 bits per heavy atom. The zero-order valence-electron chi connectivity index (χ0n) is 13.1. The molecular formula is C15H19ClO7S. The van der Waals surface area contributed by atoms with Gasteiger partial charge in [-0.15, -0.1) is 0 Å². The van der Waals surface area contributed by atoms with Gasteiger partial charge in [-0.3, -0.25) is 0 Å². The van der Waals surface area contributed by atoms with Gasteiger partial charge in [0.2, 0.25) is 5.60 Å². The summed E-state index contributed by atoms with van der Waals surface area (Å²) in [4.78, 5) is 12.3. The zero-order chi connectivity index (χ0) is 17.8. The molecule has 24 heavy (non-hydrogen) atoms. The summed E-state index contributed by atoms with van der Waals surface area (Å²) in [5.41, 5.74) is -0.729. The van der Waals surface area contributed by atoms with Gasteiger partial charge in [-0.1, -0.05) is 12.1 Å². The first-order valence-corrected chi connectivity index (χ1v) is 9.67. The molecule has 1 saturated heterocycles. The minimum absolute atomic E-state index is 0.00530. The predicted octanol–water partition coefficient (Wildman–Crippen LogP) is 0.866. The lowest BCUT2D eigenvalue weighted by Gasteiger charge is -2.36. The molecule has 0 aromatic heterocycles. The summed E-state index contributed by atoms with van der Waals surface area (Å²) < 4.78 is 38.2. The Kier molecular flexibility index (Phi) is 6.22. The van der Waals surface area contributed by atoms with Gasteiger partial charge in [0, 0.05) is 17.1 Å². The van der Waals surface area contributed by atoms with Crippen LogP contribution >= 0.6 is 10.7 Å². The van der Waals surface area contributed by atoms with Crippen molar-refractivity contribution in [2.75, 3.05) is 26.4 Å². The number of hydrogen-bond acceptors (Lipinski definition) is 7. The molecule has 0 saturated carbocycles. The molecular weight excluding hydrogens is 360 g/mol. The summed E-state index contributed by atoms with van der Waals surface area (Å²) in [5, 5.41) is 9.85. The third kappa shape index (κ3) is 4.46. The van der Waals surface area contributed by atoms with Crippen molar-refractivity contribution in [1.82, 2.24) is 0 Å². The molecule has 1 aliphatic rings. The highest BCUT2D eigenvalue weighted by atomic mass is 35.7. The second-order valence-corrected chi connectivity index (χ2v) is 8.00. The molecule has 1 N–H and O–H groups in total. The maximum atomic E-state index is 12.3. The fourth-order valence-electron chi connectivity index (χ4n) is 2.28. The summed E-state index contributed by atoms with van der Waals surface area (Å²) in [6, 6.07) is 5.95. The van der Waals surface area contributed by atoms with Gasteiger partial charge in [0.1, 0.15) is 0 Å². The Labute approximate surface area is 144 Å². The van der Waals surface area contributed by atoms with Gasteiger partial charge in [0.15, 0.2) is 0 Å². The topological polar surface area (TPSA) is 99.1 Å². The minimum atomic E-state index is -3.76. The van der Waals surface area contributed by atoms with E-state index >= 15 is 0 Å². The maximum absolute atomic E-state index is 12.3. The molecule has 2 atom stereocenters. The van der Waals surface area contributed by atoms with Crippen molar-refractivity contribution >= 4 is 25.7 Å². The summed E-state index contributed by atoms with van der Waals surface area (Å²) in [5.74, 6) is -0.683. The van der Waals surface area contributed by atoms with Gasteiger partial charge in [-0.25, -0.2) is 13.2 Å². The van der Waals surface area contributed by atoms with E-state index in [1.54, 1.807) is 12.1 Å². The fourth-order valence-corrected chi connectivity index (χ4v) is 3.05. The van der Waals surface area contributed by atoms with Gasteiger partial charge in [0.25, 0.3) is 9.05 Å². The van der Waals surface area contributed by atoms with Crippen molar-refractivity contribution in [2.45, 2.75) is 29.9 Å². The molecule has 0 aliphatic carbocycles. The number of aliphatic hydroxyl groups excluding tert-OH is 1. The first-order chi connectivity index (χ1) is 11.3. The summed E-state index contributed by atoms with van der Waals surface area (Å²) >= 11 is 0. The van der Waals surface area contributed by atoms with Crippen molar-refractivity contribution < 1.29 is 32.5 Å². The van der Waals surface area contributed by atoms with Crippen LogP contribution < -0.4 is 0 Å². The Hall–Kier alpha value is -1.19. The SMILES string of the molecule is CC(O)C1(C(=O)OCCc2ccc(S(=O)(=O)Cl)cc2)COCCO1. The van der Waals surface area contributed by atoms with Crippen LogP contribution in [-0.2, 0) is 34.5 Å². The average Bonchev–Trinajstić information content (AvgIpc) is 2.55. The van der Waals surface area contributed by atoms with E-state index in [2.05, 4.69) is 0 Å². The van der Waals surface area contributed by atoms with Gasteiger partial charge >= 0.3 is 5.97 Å². The van der Waals surface area contributed by atoms with E-state index in [1.165, 1.54) is 19.1 Å². The number of esters is 1. The first-order valence-electron chi connectivity index (χ1n) is 7.36. The van der Waals surface area contributed by atoms with Crippen LogP contribution in [0.2, 0.25) is 0 Å². The molecule has 1 heterocycles. The number of carbonyl (C=O) groups excluding carboxylic acids is 1.